The van der Waals surface area contributed by atoms with Crippen LogP contribution in [0.2, 0.25) is 0 Å². The third kappa shape index (κ3) is 1.33. The summed E-state index contributed by atoms with van der Waals surface area (Å²) in [5, 5.41) is 0. The minimum atomic E-state index is 0.366. The average Bonchev–Trinajstić information content (AvgIpc) is 2.73. The predicted octanol–water partition coefficient (Wildman–Crippen LogP) is 2.40. The van der Waals surface area contributed by atoms with Crippen molar-refractivity contribution in [2.24, 2.45) is 17.8 Å². The third-order valence-electron chi connectivity index (χ3n) is 3.24. The van der Waals surface area contributed by atoms with Crippen LogP contribution in [0.25, 0.3) is 0 Å². The molecule has 1 heteroatoms. The molecule has 0 aliphatic heterocycles. The van der Waals surface area contributed by atoms with E-state index in [1.807, 2.05) is 0 Å². The smallest absolute Gasteiger partial charge is 0.139 e. The molecule has 0 radical (unpaired) electrons. The summed E-state index contributed by atoms with van der Waals surface area (Å²) in [6.45, 7) is 2.10. The van der Waals surface area contributed by atoms with Crippen LogP contribution in [0.3, 0.4) is 0 Å². The standard InChI is InChI=1S/C10H16O/c1-7-4-2-3-5-8-6-9(8)10(7)11/h7-9H,2-6H2,1H3. The minimum Gasteiger partial charge on any atom is -0.299 e. The molecule has 0 aromatic rings. The first-order valence-corrected chi connectivity index (χ1v) is 4.83. The summed E-state index contributed by atoms with van der Waals surface area (Å²) >= 11 is 0. The fourth-order valence-corrected chi connectivity index (χ4v) is 2.28. The third-order valence-corrected chi connectivity index (χ3v) is 3.24. The molecule has 0 saturated heterocycles. The number of carbonyl (C=O) groups is 1. The molecule has 0 aromatic heterocycles. The first-order valence-electron chi connectivity index (χ1n) is 4.83. The Bertz CT molecular complexity index is 170. The van der Waals surface area contributed by atoms with E-state index >= 15 is 0 Å². The fraction of sp³-hybridized carbons (Fsp3) is 0.900. The number of ketones is 1. The second-order valence-corrected chi connectivity index (χ2v) is 4.19. The Kier molecular flexibility index (Phi) is 1.74. The van der Waals surface area contributed by atoms with Gasteiger partial charge in [-0.1, -0.05) is 19.8 Å². The summed E-state index contributed by atoms with van der Waals surface area (Å²) in [6, 6.07) is 0. The molecule has 0 heterocycles. The molecule has 1 nitrogen and oxygen atoms in total. The number of rotatable bonds is 0. The van der Waals surface area contributed by atoms with Crippen molar-refractivity contribution in [3.8, 4) is 0 Å². The highest BCUT2D eigenvalue weighted by atomic mass is 16.1. The molecular formula is C10H16O. The fourth-order valence-electron chi connectivity index (χ4n) is 2.28. The van der Waals surface area contributed by atoms with Gasteiger partial charge in [0, 0.05) is 11.8 Å². The van der Waals surface area contributed by atoms with Crippen LogP contribution in [0.4, 0.5) is 0 Å². The largest absolute Gasteiger partial charge is 0.299 e. The van der Waals surface area contributed by atoms with Crippen molar-refractivity contribution in [2.45, 2.75) is 39.0 Å². The molecule has 0 spiro atoms. The zero-order chi connectivity index (χ0) is 7.84. The van der Waals surface area contributed by atoms with E-state index in [1.54, 1.807) is 0 Å². The molecule has 3 unspecified atom stereocenters. The van der Waals surface area contributed by atoms with Crippen LogP contribution in [-0.2, 0) is 4.79 Å². The SMILES string of the molecule is CC1CCCCC2CC2C1=O. The maximum atomic E-state index is 11.5. The van der Waals surface area contributed by atoms with Gasteiger partial charge in [0.25, 0.3) is 0 Å². The lowest BCUT2D eigenvalue weighted by Gasteiger charge is -2.12. The highest BCUT2D eigenvalue weighted by Crippen LogP contribution is 2.46. The van der Waals surface area contributed by atoms with E-state index in [2.05, 4.69) is 6.92 Å². The van der Waals surface area contributed by atoms with Gasteiger partial charge in [0.2, 0.25) is 0 Å². The van der Waals surface area contributed by atoms with Gasteiger partial charge < -0.3 is 0 Å². The van der Waals surface area contributed by atoms with Gasteiger partial charge in [0.15, 0.2) is 0 Å². The molecule has 2 aliphatic carbocycles. The van der Waals surface area contributed by atoms with E-state index in [0.717, 1.165) is 12.3 Å². The van der Waals surface area contributed by atoms with Gasteiger partial charge in [-0.15, -0.1) is 0 Å². The van der Waals surface area contributed by atoms with Gasteiger partial charge in [-0.2, -0.15) is 0 Å². The van der Waals surface area contributed by atoms with Gasteiger partial charge in [-0.3, -0.25) is 4.79 Å². The van der Waals surface area contributed by atoms with E-state index in [-0.39, 0.29) is 0 Å². The highest BCUT2D eigenvalue weighted by Gasteiger charge is 2.44. The van der Waals surface area contributed by atoms with E-state index in [9.17, 15) is 4.79 Å². The summed E-state index contributed by atoms with van der Waals surface area (Å²) in [7, 11) is 0. The second-order valence-electron chi connectivity index (χ2n) is 4.19. The Morgan fingerprint density at radius 1 is 1.27 bits per heavy atom. The molecule has 2 aliphatic rings. The van der Waals surface area contributed by atoms with Crippen molar-refractivity contribution in [1.29, 1.82) is 0 Å². The molecule has 0 aromatic carbocycles. The van der Waals surface area contributed by atoms with Crippen LogP contribution < -0.4 is 0 Å². The van der Waals surface area contributed by atoms with E-state index in [1.165, 1.54) is 25.7 Å². The average molecular weight is 152 g/mol. The van der Waals surface area contributed by atoms with Crippen LogP contribution in [0.15, 0.2) is 0 Å². The molecule has 2 saturated carbocycles. The topological polar surface area (TPSA) is 17.1 Å². The molecule has 11 heavy (non-hydrogen) atoms. The molecule has 2 rings (SSSR count). The summed E-state index contributed by atoms with van der Waals surface area (Å²) in [4.78, 5) is 11.5. The highest BCUT2D eigenvalue weighted by molar-refractivity contribution is 5.85. The molecule has 3 atom stereocenters. The van der Waals surface area contributed by atoms with Crippen molar-refractivity contribution in [2.75, 3.05) is 0 Å². The molecule has 0 N–H and O–H groups in total. The van der Waals surface area contributed by atoms with Crippen molar-refractivity contribution in [1.82, 2.24) is 0 Å². The van der Waals surface area contributed by atoms with Crippen molar-refractivity contribution in [3.05, 3.63) is 0 Å². The lowest BCUT2D eigenvalue weighted by molar-refractivity contribution is -0.124. The number of hydrogen-bond donors (Lipinski definition) is 0. The van der Waals surface area contributed by atoms with Crippen LogP contribution in [0.1, 0.15) is 39.0 Å². The molecule has 62 valence electrons. The van der Waals surface area contributed by atoms with Gasteiger partial charge >= 0.3 is 0 Å². The van der Waals surface area contributed by atoms with Crippen molar-refractivity contribution < 1.29 is 4.79 Å². The molecule has 2 fully saturated rings. The summed E-state index contributed by atoms with van der Waals surface area (Å²) in [6.07, 6.45) is 6.31. The Labute approximate surface area is 68.2 Å². The predicted molar refractivity (Wildman–Crippen MR) is 44.2 cm³/mol. The minimum absolute atomic E-state index is 0.366. The molecule has 0 amide bonds. The monoisotopic (exact) mass is 152 g/mol. The lowest BCUT2D eigenvalue weighted by atomic mass is 9.91. The summed E-state index contributed by atoms with van der Waals surface area (Å²) in [5.74, 6) is 2.22. The van der Waals surface area contributed by atoms with Gasteiger partial charge in [-0.05, 0) is 25.2 Å². The van der Waals surface area contributed by atoms with Crippen LogP contribution >= 0.6 is 0 Å². The summed E-state index contributed by atoms with van der Waals surface area (Å²) < 4.78 is 0. The lowest BCUT2D eigenvalue weighted by Crippen LogP contribution is -2.15. The van der Waals surface area contributed by atoms with Crippen molar-refractivity contribution in [3.63, 3.8) is 0 Å². The number of fused-ring (bicyclic) bond motifs is 1. The Hall–Kier alpha value is -0.330. The van der Waals surface area contributed by atoms with Gasteiger partial charge in [0.1, 0.15) is 5.78 Å². The van der Waals surface area contributed by atoms with Gasteiger partial charge in [-0.25, -0.2) is 0 Å². The number of hydrogen-bond acceptors (Lipinski definition) is 1. The zero-order valence-electron chi connectivity index (χ0n) is 7.18. The number of Topliss-reactive ketones (excluding diaryl/α,β-unsaturated/α-hetero) is 1. The number of carbonyl (C=O) groups excluding carboxylic acids is 1. The van der Waals surface area contributed by atoms with Crippen LogP contribution in [0, 0.1) is 17.8 Å². The molecular weight excluding hydrogens is 136 g/mol. The normalized spacial score (nSPS) is 44.1. The van der Waals surface area contributed by atoms with Gasteiger partial charge in [0.05, 0.1) is 0 Å². The first-order chi connectivity index (χ1) is 5.29. The van der Waals surface area contributed by atoms with E-state index < -0.39 is 0 Å². The maximum absolute atomic E-state index is 11.5. The van der Waals surface area contributed by atoms with E-state index in [0.29, 0.717) is 17.6 Å². The zero-order valence-corrected chi connectivity index (χ0v) is 7.18. The first kappa shape index (κ1) is 7.33. The maximum Gasteiger partial charge on any atom is 0.139 e. The Balaban J connectivity index is 2.01. The quantitative estimate of drug-likeness (QED) is 0.521. The molecule has 0 bridgehead atoms. The Morgan fingerprint density at radius 2 is 2.00 bits per heavy atom. The Morgan fingerprint density at radius 3 is 2.82 bits per heavy atom. The summed E-state index contributed by atoms with van der Waals surface area (Å²) in [5.41, 5.74) is 0. The van der Waals surface area contributed by atoms with E-state index in [4.69, 9.17) is 0 Å². The van der Waals surface area contributed by atoms with Crippen molar-refractivity contribution >= 4 is 5.78 Å². The second kappa shape index (κ2) is 2.62. The van der Waals surface area contributed by atoms with Crippen LogP contribution in [0.5, 0.6) is 0 Å². The van der Waals surface area contributed by atoms with Crippen LogP contribution in [-0.4, -0.2) is 5.78 Å².